The molecule has 1 unspecified atom stereocenters. The number of carbonyl (C=O) groups is 1. The number of halogens is 2. The molecule has 0 saturated carbocycles. The van der Waals surface area contributed by atoms with E-state index in [-0.39, 0.29) is 6.10 Å². The van der Waals surface area contributed by atoms with E-state index in [9.17, 15) is 4.79 Å². The molecule has 0 N–H and O–H groups in total. The minimum absolute atomic E-state index is 0.120. The number of nitrogens with zero attached hydrogens (tertiary/aromatic N) is 3. The Morgan fingerprint density at radius 1 is 1.08 bits per heavy atom. The first-order chi connectivity index (χ1) is 18.7. The average Bonchev–Trinajstić information content (AvgIpc) is 3.53. The number of methoxy groups -OCH3 is 1. The Kier molecular flexibility index (Phi) is 8.38. The highest BCUT2D eigenvalue weighted by Gasteiger charge is 2.26. The van der Waals surface area contributed by atoms with Crippen molar-refractivity contribution in [1.82, 2.24) is 14.5 Å². The lowest BCUT2D eigenvalue weighted by atomic mass is 10.1. The third-order valence-corrected chi connectivity index (χ3v) is 8.77. The Hall–Kier alpha value is -2.78. The van der Waals surface area contributed by atoms with Crippen LogP contribution in [0.2, 0.25) is 10.0 Å². The van der Waals surface area contributed by atoms with Gasteiger partial charge in [0.15, 0.2) is 4.88 Å². The van der Waals surface area contributed by atoms with E-state index >= 15 is 0 Å². The lowest BCUT2D eigenvalue weighted by Gasteiger charge is -2.34. The SMILES string of the molecule is COC(=O)c1sc(-n2cnc3cc(Cl)ccc32)cc1OC(C)c1cccc(OC2CCN(C(C)C)CC2)c1Cl. The van der Waals surface area contributed by atoms with Gasteiger partial charge in [0, 0.05) is 35.8 Å². The van der Waals surface area contributed by atoms with Gasteiger partial charge in [-0.15, -0.1) is 11.3 Å². The van der Waals surface area contributed by atoms with Crippen molar-refractivity contribution in [2.24, 2.45) is 0 Å². The summed E-state index contributed by atoms with van der Waals surface area (Å²) < 4.78 is 19.6. The summed E-state index contributed by atoms with van der Waals surface area (Å²) in [5, 5.41) is 1.89. The highest BCUT2D eigenvalue weighted by atomic mass is 35.5. The molecule has 1 atom stereocenters. The van der Waals surface area contributed by atoms with Crippen LogP contribution in [-0.4, -0.2) is 52.8 Å². The number of ether oxygens (including phenoxy) is 3. The summed E-state index contributed by atoms with van der Waals surface area (Å²) in [6, 6.07) is 13.6. The Morgan fingerprint density at radius 3 is 2.56 bits per heavy atom. The highest BCUT2D eigenvalue weighted by molar-refractivity contribution is 7.16. The number of imidazole rings is 1. The number of thiophene rings is 1. The first-order valence-electron chi connectivity index (χ1n) is 13.0. The predicted octanol–water partition coefficient (Wildman–Crippen LogP) is 7.57. The van der Waals surface area contributed by atoms with E-state index in [1.807, 2.05) is 41.8 Å². The van der Waals surface area contributed by atoms with Crippen molar-refractivity contribution in [3.8, 4) is 16.5 Å². The summed E-state index contributed by atoms with van der Waals surface area (Å²) in [5.41, 5.74) is 2.40. The zero-order valence-electron chi connectivity index (χ0n) is 22.3. The first kappa shape index (κ1) is 27.8. The third-order valence-electron chi connectivity index (χ3n) is 7.04. The zero-order chi connectivity index (χ0) is 27.7. The number of hydrogen-bond donors (Lipinski definition) is 0. The molecule has 2 aromatic heterocycles. The Bertz CT molecular complexity index is 1480. The molecular weight excluding hydrogens is 557 g/mol. The summed E-state index contributed by atoms with van der Waals surface area (Å²) >= 11 is 14.2. The van der Waals surface area contributed by atoms with Gasteiger partial charge < -0.3 is 19.1 Å². The molecule has 1 aliphatic heterocycles. The number of carbonyl (C=O) groups excluding carboxylic acids is 1. The van der Waals surface area contributed by atoms with Crippen molar-refractivity contribution in [2.45, 2.75) is 51.9 Å². The van der Waals surface area contributed by atoms with E-state index in [2.05, 4.69) is 23.7 Å². The molecule has 3 heterocycles. The van der Waals surface area contributed by atoms with E-state index in [1.54, 1.807) is 18.5 Å². The van der Waals surface area contributed by atoms with Gasteiger partial charge in [0.2, 0.25) is 0 Å². The van der Waals surface area contributed by atoms with Crippen molar-refractivity contribution >= 4 is 51.5 Å². The molecule has 1 aliphatic rings. The average molecular weight is 589 g/mol. The molecule has 7 nitrogen and oxygen atoms in total. The number of benzene rings is 2. The van der Waals surface area contributed by atoms with Crippen LogP contribution in [0, 0.1) is 0 Å². The highest BCUT2D eigenvalue weighted by Crippen LogP contribution is 2.40. The lowest BCUT2D eigenvalue weighted by Crippen LogP contribution is -2.41. The Labute approximate surface area is 242 Å². The number of fused-ring (bicyclic) bond motifs is 1. The smallest absolute Gasteiger partial charge is 0.351 e. The number of piperidine rings is 1. The molecule has 1 saturated heterocycles. The molecule has 0 spiro atoms. The second-order valence-electron chi connectivity index (χ2n) is 9.88. The maximum atomic E-state index is 12.7. The van der Waals surface area contributed by atoms with E-state index in [1.165, 1.54) is 18.4 Å². The molecule has 206 valence electrons. The summed E-state index contributed by atoms with van der Waals surface area (Å²) in [7, 11) is 1.35. The van der Waals surface area contributed by atoms with Gasteiger partial charge in [-0.1, -0.05) is 35.3 Å². The molecule has 39 heavy (non-hydrogen) atoms. The fourth-order valence-electron chi connectivity index (χ4n) is 4.84. The number of likely N-dealkylation sites (tertiary alicyclic amines) is 1. The van der Waals surface area contributed by atoms with Gasteiger partial charge in [-0.2, -0.15) is 0 Å². The zero-order valence-corrected chi connectivity index (χ0v) is 24.6. The van der Waals surface area contributed by atoms with Crippen LogP contribution in [0.1, 0.15) is 55.0 Å². The van der Waals surface area contributed by atoms with Gasteiger partial charge in [0.1, 0.15) is 35.0 Å². The Morgan fingerprint density at radius 2 is 1.85 bits per heavy atom. The molecule has 2 aromatic carbocycles. The van der Waals surface area contributed by atoms with Gasteiger partial charge in [0.05, 0.1) is 23.2 Å². The second-order valence-corrected chi connectivity index (χ2v) is 11.7. The molecule has 10 heteroatoms. The fraction of sp³-hybridized carbons (Fsp3) is 0.379. The summed E-state index contributed by atoms with van der Waals surface area (Å²) in [6.07, 6.45) is 3.28. The van der Waals surface area contributed by atoms with Crippen molar-refractivity contribution < 1.29 is 19.0 Å². The molecule has 1 fully saturated rings. The van der Waals surface area contributed by atoms with E-state index in [0.29, 0.717) is 32.5 Å². The van der Waals surface area contributed by atoms with Gasteiger partial charge in [-0.3, -0.25) is 4.57 Å². The molecule has 4 aromatic rings. The summed E-state index contributed by atoms with van der Waals surface area (Å²) in [6.45, 7) is 8.36. The fourth-order valence-corrected chi connectivity index (χ4v) is 6.32. The quantitative estimate of drug-likeness (QED) is 0.198. The monoisotopic (exact) mass is 587 g/mol. The van der Waals surface area contributed by atoms with E-state index < -0.39 is 12.1 Å². The van der Waals surface area contributed by atoms with Gasteiger partial charge in [-0.05, 0) is 57.9 Å². The van der Waals surface area contributed by atoms with Crippen LogP contribution in [0.5, 0.6) is 11.5 Å². The molecule has 0 bridgehead atoms. The van der Waals surface area contributed by atoms with Crippen LogP contribution in [-0.2, 0) is 4.74 Å². The maximum Gasteiger partial charge on any atom is 0.351 e. The molecule has 5 rings (SSSR count). The Balaban J connectivity index is 1.38. The van der Waals surface area contributed by atoms with Gasteiger partial charge >= 0.3 is 5.97 Å². The minimum Gasteiger partial charge on any atom is -0.489 e. The number of aromatic nitrogens is 2. The van der Waals surface area contributed by atoms with Crippen molar-refractivity contribution in [2.75, 3.05) is 20.2 Å². The van der Waals surface area contributed by atoms with Crippen LogP contribution in [0.3, 0.4) is 0 Å². The van der Waals surface area contributed by atoms with Crippen LogP contribution < -0.4 is 9.47 Å². The van der Waals surface area contributed by atoms with Crippen molar-refractivity contribution in [3.63, 3.8) is 0 Å². The first-order valence-corrected chi connectivity index (χ1v) is 14.5. The number of esters is 1. The largest absolute Gasteiger partial charge is 0.489 e. The molecule has 0 amide bonds. The third kappa shape index (κ3) is 5.89. The van der Waals surface area contributed by atoms with Crippen LogP contribution in [0.15, 0.2) is 48.8 Å². The number of hydrogen-bond acceptors (Lipinski definition) is 7. The predicted molar refractivity (Wildman–Crippen MR) is 156 cm³/mol. The minimum atomic E-state index is -0.475. The van der Waals surface area contributed by atoms with Crippen molar-refractivity contribution in [1.29, 1.82) is 0 Å². The molecular formula is C29H31Cl2N3O4S. The maximum absolute atomic E-state index is 12.7. The van der Waals surface area contributed by atoms with Crippen LogP contribution >= 0.6 is 34.5 Å². The second kappa shape index (κ2) is 11.8. The van der Waals surface area contributed by atoms with E-state index in [4.69, 9.17) is 37.4 Å². The number of rotatable bonds is 8. The molecule has 0 aliphatic carbocycles. The van der Waals surface area contributed by atoms with Crippen LogP contribution in [0.4, 0.5) is 0 Å². The lowest BCUT2D eigenvalue weighted by molar-refractivity contribution is 0.0599. The topological polar surface area (TPSA) is 65.8 Å². The van der Waals surface area contributed by atoms with Gasteiger partial charge in [0.25, 0.3) is 0 Å². The molecule has 0 radical (unpaired) electrons. The van der Waals surface area contributed by atoms with Crippen molar-refractivity contribution in [3.05, 3.63) is 69.3 Å². The summed E-state index contributed by atoms with van der Waals surface area (Å²) in [5.74, 6) is 0.584. The van der Waals surface area contributed by atoms with E-state index in [0.717, 1.165) is 47.5 Å². The van der Waals surface area contributed by atoms with Crippen LogP contribution in [0.25, 0.3) is 16.0 Å². The standard InChI is InChI=1S/C29H31Cl2N3O4S/c1-17(2)33-12-10-20(11-13-33)38-24-7-5-6-21(27(24)31)18(3)37-25-15-26(39-28(25)29(35)36-4)34-16-32-22-14-19(30)8-9-23(22)34/h5-9,14-18,20H,10-13H2,1-4H3. The summed E-state index contributed by atoms with van der Waals surface area (Å²) in [4.78, 5) is 19.9. The normalized spacial score (nSPS) is 15.6. The van der Waals surface area contributed by atoms with Gasteiger partial charge in [-0.25, -0.2) is 9.78 Å².